The van der Waals surface area contributed by atoms with Crippen LogP contribution in [0, 0.1) is 27.7 Å². The Morgan fingerprint density at radius 1 is 1.11 bits per heavy atom. The molecule has 0 bridgehead atoms. The lowest BCUT2D eigenvalue weighted by Gasteiger charge is -2.19. The molecule has 2 rings (SSSR count). The van der Waals surface area contributed by atoms with Gasteiger partial charge in [-0.05, 0) is 54.5 Å². The number of rotatable bonds is 5. The van der Waals surface area contributed by atoms with Gasteiger partial charge in [0.05, 0.1) is 12.1 Å². The highest BCUT2D eigenvalue weighted by atomic mass is 16.6. The van der Waals surface area contributed by atoms with E-state index in [1.807, 2.05) is 33.8 Å². The van der Waals surface area contributed by atoms with Crippen LogP contribution < -0.4 is 5.32 Å². The first-order chi connectivity index (χ1) is 12.5. The van der Waals surface area contributed by atoms with Gasteiger partial charge in [-0.2, -0.15) is 5.10 Å². The van der Waals surface area contributed by atoms with Crippen LogP contribution in [0.4, 0.5) is 0 Å². The smallest absolute Gasteiger partial charge is 0.325 e. The van der Waals surface area contributed by atoms with Crippen molar-refractivity contribution in [2.24, 2.45) is 0 Å². The van der Waals surface area contributed by atoms with Crippen molar-refractivity contribution >= 4 is 11.9 Å². The van der Waals surface area contributed by atoms with E-state index in [9.17, 15) is 9.59 Å². The third-order valence-corrected chi connectivity index (χ3v) is 3.79. The number of carbonyl (C=O) groups excluding carboxylic acids is 2. The molecule has 27 heavy (non-hydrogen) atoms. The summed E-state index contributed by atoms with van der Waals surface area (Å²) in [5.74, 6) is -0.259. The highest BCUT2D eigenvalue weighted by Crippen LogP contribution is 2.17. The molecule has 2 aromatic heterocycles. The topological polar surface area (TPSA) is 99.0 Å². The summed E-state index contributed by atoms with van der Waals surface area (Å²) in [6.07, 6.45) is 0.116. The third kappa shape index (κ3) is 5.60. The number of ether oxygens (including phenoxy) is 1. The van der Waals surface area contributed by atoms with Crippen LogP contribution in [0.3, 0.4) is 0 Å². The van der Waals surface area contributed by atoms with Crippen LogP contribution in [0.5, 0.6) is 0 Å². The molecule has 8 heteroatoms. The number of hydrogen-bond acceptors (Lipinski definition) is 6. The summed E-state index contributed by atoms with van der Waals surface area (Å²) in [4.78, 5) is 32.8. The van der Waals surface area contributed by atoms with Gasteiger partial charge in [-0.25, -0.2) is 14.6 Å². The Bertz CT molecular complexity index is 845. The Morgan fingerprint density at radius 2 is 1.70 bits per heavy atom. The lowest BCUT2D eigenvalue weighted by atomic mass is 10.1. The van der Waals surface area contributed by atoms with E-state index >= 15 is 0 Å². The number of carbonyl (C=O) groups is 2. The van der Waals surface area contributed by atoms with E-state index < -0.39 is 11.6 Å². The van der Waals surface area contributed by atoms with Crippen LogP contribution in [0.15, 0.2) is 6.07 Å². The molecule has 146 valence electrons. The molecule has 0 aliphatic heterocycles. The number of esters is 1. The summed E-state index contributed by atoms with van der Waals surface area (Å²) in [5, 5.41) is 7.07. The highest BCUT2D eigenvalue weighted by molar-refractivity contribution is 5.83. The molecule has 0 saturated carbocycles. The molecule has 0 aliphatic carbocycles. The SMILES string of the molecule is Cc1cc(C)nc(-n2nc(C)c(CC(=O)NCC(=O)OC(C)(C)C)c2C)n1. The second-order valence-corrected chi connectivity index (χ2v) is 7.55. The molecule has 0 spiro atoms. The van der Waals surface area contributed by atoms with Crippen molar-refractivity contribution in [3.05, 3.63) is 34.4 Å². The zero-order chi connectivity index (χ0) is 20.4. The van der Waals surface area contributed by atoms with Gasteiger partial charge in [0.15, 0.2) is 0 Å². The Hall–Kier alpha value is -2.77. The van der Waals surface area contributed by atoms with Crippen LogP contribution in [0.2, 0.25) is 0 Å². The molecule has 0 radical (unpaired) electrons. The zero-order valence-electron chi connectivity index (χ0n) is 17.0. The third-order valence-electron chi connectivity index (χ3n) is 3.79. The standard InChI is InChI=1S/C19H27N5O3/c1-11-8-12(2)22-18(21-11)24-14(4)15(13(3)23-24)9-16(25)20-10-17(26)27-19(5,6)7/h8H,9-10H2,1-7H3,(H,20,25). The number of nitrogens with zero attached hydrogens (tertiary/aromatic N) is 4. The first kappa shape index (κ1) is 20.5. The van der Waals surface area contributed by atoms with Gasteiger partial charge >= 0.3 is 5.97 Å². The van der Waals surface area contributed by atoms with Gasteiger partial charge < -0.3 is 10.1 Å². The number of amides is 1. The molecule has 0 fully saturated rings. The lowest BCUT2D eigenvalue weighted by Crippen LogP contribution is -2.35. The summed E-state index contributed by atoms with van der Waals surface area (Å²) in [7, 11) is 0. The van der Waals surface area contributed by atoms with Gasteiger partial charge in [-0.15, -0.1) is 0 Å². The van der Waals surface area contributed by atoms with Gasteiger partial charge in [0, 0.05) is 22.6 Å². The maximum Gasteiger partial charge on any atom is 0.325 e. The normalized spacial score (nSPS) is 11.4. The maximum atomic E-state index is 12.3. The van der Waals surface area contributed by atoms with Crippen LogP contribution in [-0.4, -0.2) is 43.8 Å². The monoisotopic (exact) mass is 373 g/mol. The lowest BCUT2D eigenvalue weighted by molar-refractivity contribution is -0.154. The summed E-state index contributed by atoms with van der Waals surface area (Å²) in [6, 6.07) is 1.89. The summed E-state index contributed by atoms with van der Waals surface area (Å²) in [5.41, 5.74) is 3.43. The Kier molecular flexibility index (Phi) is 5.98. The van der Waals surface area contributed by atoms with Crippen molar-refractivity contribution in [3.63, 3.8) is 0 Å². The van der Waals surface area contributed by atoms with Gasteiger partial charge in [0.1, 0.15) is 12.1 Å². The minimum Gasteiger partial charge on any atom is -0.459 e. The molecule has 0 saturated heterocycles. The number of hydrogen-bond donors (Lipinski definition) is 1. The van der Waals surface area contributed by atoms with Crippen molar-refractivity contribution in [2.45, 2.75) is 60.5 Å². The molecule has 0 unspecified atom stereocenters. The van der Waals surface area contributed by atoms with E-state index in [0.717, 1.165) is 28.3 Å². The fourth-order valence-electron chi connectivity index (χ4n) is 2.70. The van der Waals surface area contributed by atoms with E-state index in [1.165, 1.54) is 0 Å². The van der Waals surface area contributed by atoms with Crippen LogP contribution in [-0.2, 0) is 20.7 Å². The quantitative estimate of drug-likeness (QED) is 0.804. The highest BCUT2D eigenvalue weighted by Gasteiger charge is 2.20. The number of aryl methyl sites for hydroxylation is 3. The molecule has 0 atom stereocenters. The largest absolute Gasteiger partial charge is 0.459 e. The van der Waals surface area contributed by atoms with E-state index in [0.29, 0.717) is 5.95 Å². The zero-order valence-corrected chi connectivity index (χ0v) is 17.0. The summed E-state index contributed by atoms with van der Waals surface area (Å²) >= 11 is 0. The molecule has 8 nitrogen and oxygen atoms in total. The Balaban J connectivity index is 2.10. The fourth-order valence-corrected chi connectivity index (χ4v) is 2.70. The van der Waals surface area contributed by atoms with Gasteiger partial charge in [-0.1, -0.05) is 0 Å². The molecular weight excluding hydrogens is 346 g/mol. The van der Waals surface area contributed by atoms with E-state index in [1.54, 1.807) is 25.5 Å². The molecule has 0 aliphatic rings. The first-order valence-corrected chi connectivity index (χ1v) is 8.82. The first-order valence-electron chi connectivity index (χ1n) is 8.82. The number of nitrogens with one attached hydrogen (secondary N) is 1. The van der Waals surface area contributed by atoms with Crippen LogP contribution in [0.25, 0.3) is 5.95 Å². The molecule has 0 aromatic carbocycles. The van der Waals surface area contributed by atoms with Crippen molar-refractivity contribution in [1.29, 1.82) is 0 Å². The fraction of sp³-hybridized carbons (Fsp3) is 0.526. The summed E-state index contributed by atoms with van der Waals surface area (Å²) in [6.45, 7) is 12.7. The van der Waals surface area contributed by atoms with E-state index in [4.69, 9.17) is 4.74 Å². The van der Waals surface area contributed by atoms with Crippen LogP contribution >= 0.6 is 0 Å². The van der Waals surface area contributed by atoms with E-state index in [2.05, 4.69) is 20.4 Å². The Morgan fingerprint density at radius 3 is 2.26 bits per heavy atom. The second-order valence-electron chi connectivity index (χ2n) is 7.55. The predicted molar refractivity (Wildman–Crippen MR) is 101 cm³/mol. The molecule has 2 heterocycles. The van der Waals surface area contributed by atoms with E-state index in [-0.39, 0.29) is 18.9 Å². The van der Waals surface area contributed by atoms with Crippen molar-refractivity contribution < 1.29 is 14.3 Å². The maximum absolute atomic E-state index is 12.3. The summed E-state index contributed by atoms with van der Waals surface area (Å²) < 4.78 is 6.83. The average Bonchev–Trinajstić information content (AvgIpc) is 2.78. The Labute approximate surface area is 159 Å². The minimum atomic E-state index is -0.581. The van der Waals surface area contributed by atoms with Crippen molar-refractivity contribution in [3.8, 4) is 5.95 Å². The molecule has 2 aromatic rings. The van der Waals surface area contributed by atoms with Crippen molar-refractivity contribution in [1.82, 2.24) is 25.1 Å². The molecular formula is C19H27N5O3. The van der Waals surface area contributed by atoms with Crippen LogP contribution in [0.1, 0.15) is 49.1 Å². The average molecular weight is 373 g/mol. The second kappa shape index (κ2) is 7.85. The van der Waals surface area contributed by atoms with Gasteiger partial charge in [0.2, 0.25) is 5.91 Å². The molecule has 1 N–H and O–H groups in total. The number of aromatic nitrogens is 4. The molecule has 1 amide bonds. The van der Waals surface area contributed by atoms with Gasteiger partial charge in [-0.3, -0.25) is 9.59 Å². The predicted octanol–water partition coefficient (Wildman–Crippen LogP) is 1.90. The van der Waals surface area contributed by atoms with Gasteiger partial charge in [0.25, 0.3) is 5.95 Å². The minimum absolute atomic E-state index is 0.116. The van der Waals surface area contributed by atoms with Crippen molar-refractivity contribution in [2.75, 3.05) is 6.54 Å².